The van der Waals surface area contributed by atoms with Crippen LogP contribution in [-0.4, -0.2) is 36.0 Å². The SMILES string of the molecule is O=C(c1ccc2c(c1)OCO2)C1C(c2ccccc2)C2CCCN2C12C(=O)Nc1ccc(F)cc12. The van der Waals surface area contributed by atoms with Crippen LogP contribution in [0.4, 0.5) is 10.1 Å². The third-order valence-corrected chi connectivity index (χ3v) is 8.09. The fourth-order valence-electron chi connectivity index (χ4n) is 6.81. The Morgan fingerprint density at radius 1 is 1.03 bits per heavy atom. The highest BCUT2D eigenvalue weighted by Gasteiger charge is 2.69. The van der Waals surface area contributed by atoms with Crippen molar-refractivity contribution in [2.75, 3.05) is 18.7 Å². The number of hydrogen-bond donors (Lipinski definition) is 1. The molecule has 4 aliphatic rings. The molecule has 35 heavy (non-hydrogen) atoms. The number of benzene rings is 3. The average molecular weight is 471 g/mol. The molecule has 4 heterocycles. The van der Waals surface area contributed by atoms with Crippen LogP contribution in [0, 0.1) is 11.7 Å². The van der Waals surface area contributed by atoms with E-state index < -0.39 is 17.3 Å². The van der Waals surface area contributed by atoms with E-state index in [4.69, 9.17) is 9.47 Å². The van der Waals surface area contributed by atoms with Crippen LogP contribution in [0.2, 0.25) is 0 Å². The highest BCUT2D eigenvalue weighted by molar-refractivity contribution is 6.12. The number of nitrogens with one attached hydrogen (secondary N) is 1. The van der Waals surface area contributed by atoms with Gasteiger partial charge in [0.15, 0.2) is 17.3 Å². The second kappa shape index (κ2) is 7.39. The molecule has 176 valence electrons. The molecule has 2 fully saturated rings. The van der Waals surface area contributed by atoms with Crippen LogP contribution < -0.4 is 14.8 Å². The number of rotatable bonds is 3. The minimum absolute atomic E-state index is 0.0136. The lowest BCUT2D eigenvalue weighted by Gasteiger charge is -2.36. The largest absolute Gasteiger partial charge is 0.454 e. The lowest BCUT2D eigenvalue weighted by atomic mass is 9.68. The van der Waals surface area contributed by atoms with Crippen molar-refractivity contribution in [3.63, 3.8) is 0 Å². The van der Waals surface area contributed by atoms with E-state index in [2.05, 4.69) is 10.2 Å². The van der Waals surface area contributed by atoms with Crippen LogP contribution >= 0.6 is 0 Å². The normalized spacial score (nSPS) is 28.3. The van der Waals surface area contributed by atoms with Gasteiger partial charge < -0.3 is 14.8 Å². The first-order valence-corrected chi connectivity index (χ1v) is 12.0. The van der Waals surface area contributed by atoms with E-state index in [-0.39, 0.29) is 30.4 Å². The molecule has 7 heteroatoms. The molecular formula is C28H23FN2O4. The Morgan fingerprint density at radius 3 is 2.71 bits per heavy atom. The fourth-order valence-corrected chi connectivity index (χ4v) is 6.81. The number of halogens is 1. The predicted octanol–water partition coefficient (Wildman–Crippen LogP) is 4.46. The topological polar surface area (TPSA) is 67.9 Å². The molecule has 4 unspecified atom stereocenters. The minimum Gasteiger partial charge on any atom is -0.454 e. The van der Waals surface area contributed by atoms with Crippen molar-refractivity contribution >= 4 is 17.4 Å². The zero-order valence-electron chi connectivity index (χ0n) is 18.9. The number of carbonyl (C=O) groups is 2. The number of amides is 1. The van der Waals surface area contributed by atoms with Crippen LogP contribution in [0.1, 0.15) is 40.2 Å². The van der Waals surface area contributed by atoms with Gasteiger partial charge in [-0.3, -0.25) is 14.5 Å². The molecule has 7 rings (SSSR count). The van der Waals surface area contributed by atoms with Gasteiger partial charge in [0.05, 0.1) is 5.92 Å². The van der Waals surface area contributed by atoms with E-state index >= 15 is 0 Å². The molecule has 0 radical (unpaired) electrons. The molecule has 0 aromatic heterocycles. The molecule has 1 N–H and O–H groups in total. The molecule has 4 aliphatic heterocycles. The van der Waals surface area contributed by atoms with Gasteiger partial charge in [-0.2, -0.15) is 0 Å². The number of hydrogen-bond acceptors (Lipinski definition) is 5. The molecular weight excluding hydrogens is 447 g/mol. The first-order chi connectivity index (χ1) is 17.1. The number of Topliss-reactive ketones (excluding diaryl/α,β-unsaturated/α-hetero) is 1. The lowest BCUT2D eigenvalue weighted by Crippen LogP contribution is -2.52. The Balaban J connectivity index is 1.47. The van der Waals surface area contributed by atoms with Crippen LogP contribution in [0.5, 0.6) is 11.5 Å². The van der Waals surface area contributed by atoms with Crippen molar-refractivity contribution in [3.05, 3.63) is 89.2 Å². The summed E-state index contributed by atoms with van der Waals surface area (Å²) in [5, 5.41) is 2.98. The Hall–Kier alpha value is -3.71. The number of fused-ring (bicyclic) bond motifs is 5. The van der Waals surface area contributed by atoms with Gasteiger partial charge in [-0.25, -0.2) is 4.39 Å². The summed E-state index contributed by atoms with van der Waals surface area (Å²) in [5.41, 5.74) is 1.30. The van der Waals surface area contributed by atoms with Crippen LogP contribution in [0.3, 0.4) is 0 Å². The maximum atomic E-state index is 14.6. The number of ether oxygens (including phenoxy) is 2. The molecule has 4 atom stereocenters. The van der Waals surface area contributed by atoms with Gasteiger partial charge in [0.1, 0.15) is 11.4 Å². The molecule has 0 aliphatic carbocycles. The quantitative estimate of drug-likeness (QED) is 0.573. The molecule has 2 saturated heterocycles. The van der Waals surface area contributed by atoms with Gasteiger partial charge in [-0.15, -0.1) is 0 Å². The second-order valence-electron chi connectivity index (χ2n) is 9.66. The van der Waals surface area contributed by atoms with Crippen molar-refractivity contribution in [1.82, 2.24) is 4.90 Å². The lowest BCUT2D eigenvalue weighted by molar-refractivity contribution is -0.127. The summed E-state index contributed by atoms with van der Waals surface area (Å²) in [7, 11) is 0. The van der Waals surface area contributed by atoms with Crippen LogP contribution in [-0.2, 0) is 10.3 Å². The van der Waals surface area contributed by atoms with Crippen molar-refractivity contribution < 1.29 is 23.5 Å². The summed E-state index contributed by atoms with van der Waals surface area (Å²) in [6.07, 6.45) is 1.78. The smallest absolute Gasteiger partial charge is 0.250 e. The van der Waals surface area contributed by atoms with Gasteiger partial charge in [0.2, 0.25) is 12.7 Å². The Kier molecular flexibility index (Phi) is 4.36. The number of anilines is 1. The second-order valence-corrected chi connectivity index (χ2v) is 9.66. The zero-order chi connectivity index (χ0) is 23.7. The summed E-state index contributed by atoms with van der Waals surface area (Å²) in [4.78, 5) is 30.6. The van der Waals surface area contributed by atoms with E-state index in [0.29, 0.717) is 34.9 Å². The number of carbonyl (C=O) groups excluding carboxylic acids is 2. The number of ketones is 1. The van der Waals surface area contributed by atoms with E-state index in [1.807, 2.05) is 30.3 Å². The van der Waals surface area contributed by atoms with Crippen LogP contribution in [0.15, 0.2) is 66.7 Å². The maximum absolute atomic E-state index is 14.6. The first kappa shape index (κ1) is 20.6. The number of nitrogens with zero attached hydrogens (tertiary/aromatic N) is 1. The van der Waals surface area contributed by atoms with E-state index in [1.165, 1.54) is 12.1 Å². The summed E-state index contributed by atoms with van der Waals surface area (Å²) in [6, 6.07) is 19.4. The Labute approximate surface area is 201 Å². The van der Waals surface area contributed by atoms with Crippen LogP contribution in [0.25, 0.3) is 0 Å². The van der Waals surface area contributed by atoms with Gasteiger partial charge in [-0.1, -0.05) is 30.3 Å². The van der Waals surface area contributed by atoms with E-state index in [1.54, 1.807) is 24.3 Å². The minimum atomic E-state index is -1.29. The van der Waals surface area contributed by atoms with E-state index in [0.717, 1.165) is 18.4 Å². The molecule has 3 aromatic carbocycles. The highest BCUT2D eigenvalue weighted by Crippen LogP contribution is 2.61. The van der Waals surface area contributed by atoms with E-state index in [9.17, 15) is 14.0 Å². The summed E-state index contributed by atoms with van der Waals surface area (Å²) in [5.74, 6) is -0.694. The molecule has 0 saturated carbocycles. The zero-order valence-corrected chi connectivity index (χ0v) is 18.9. The average Bonchev–Trinajstić information content (AvgIpc) is 3.63. The summed E-state index contributed by atoms with van der Waals surface area (Å²) in [6.45, 7) is 0.778. The fraction of sp³-hybridized carbons (Fsp3) is 0.286. The predicted molar refractivity (Wildman–Crippen MR) is 126 cm³/mol. The Morgan fingerprint density at radius 2 is 1.86 bits per heavy atom. The van der Waals surface area contributed by atoms with Gasteiger partial charge >= 0.3 is 0 Å². The molecule has 1 spiro atoms. The van der Waals surface area contributed by atoms with Gasteiger partial charge in [0.25, 0.3) is 0 Å². The Bertz CT molecular complexity index is 1380. The summed E-state index contributed by atoms with van der Waals surface area (Å²) >= 11 is 0. The molecule has 6 nitrogen and oxygen atoms in total. The molecule has 3 aromatic rings. The van der Waals surface area contributed by atoms with Gasteiger partial charge in [0, 0.05) is 28.8 Å². The van der Waals surface area contributed by atoms with Crippen molar-refractivity contribution in [3.8, 4) is 11.5 Å². The first-order valence-electron chi connectivity index (χ1n) is 12.0. The standard InChI is InChI=1S/C28H23FN2O4/c29-18-9-10-20-19(14-18)28(27(33)30-20)25(26(32)17-8-11-22-23(13-17)35-15-34-22)24(16-5-2-1-3-6-16)21-7-4-12-31(21)28/h1-3,5-6,8-11,13-14,21,24-25H,4,7,12,15H2,(H,30,33). The van der Waals surface area contributed by atoms with Crippen molar-refractivity contribution in [1.29, 1.82) is 0 Å². The summed E-state index contributed by atoms with van der Waals surface area (Å²) < 4.78 is 25.6. The molecule has 0 bridgehead atoms. The van der Waals surface area contributed by atoms with Gasteiger partial charge in [-0.05, 0) is 61.3 Å². The molecule has 1 amide bonds. The third-order valence-electron chi connectivity index (χ3n) is 8.09. The highest BCUT2D eigenvalue weighted by atomic mass is 19.1. The third kappa shape index (κ3) is 2.73. The van der Waals surface area contributed by atoms with Crippen molar-refractivity contribution in [2.24, 2.45) is 5.92 Å². The maximum Gasteiger partial charge on any atom is 0.250 e. The monoisotopic (exact) mass is 470 g/mol. The van der Waals surface area contributed by atoms with Crippen molar-refractivity contribution in [2.45, 2.75) is 30.3 Å².